The molecule has 5 unspecified atom stereocenters. The number of carbonyl (C=O) groups excluding carboxylic acids is 3. The van der Waals surface area contributed by atoms with Gasteiger partial charge >= 0.3 is 11.9 Å². The normalized spacial score (nSPS) is 37.8. The number of hydrogen-bond donors (Lipinski definition) is 3. The van der Waals surface area contributed by atoms with Crippen LogP contribution >= 0.6 is 0 Å². The molecule has 8 rings (SSSR count). The monoisotopic (exact) mass is 817 g/mol. The van der Waals surface area contributed by atoms with Gasteiger partial charge in [-0.3, -0.25) is 9.59 Å². The second-order valence-electron chi connectivity index (χ2n) is 18.6. The standard InChI is InChI=1S/C46H59NO12/c1-26-30(55-41(51)35(49)34(28-16-10-8-11-17-28)47-40(50)29-18-12-9-13-19-29)24-46(52)39(56-32-20-14-15-23-53-32)37-44(7,22-21-31-45(37,25-54-31)57-27(2)48)38-36(33(26)42(46,3)4)58-43(5,6)59-38/h8-13,16-19,30-32,34-39,49,52H,14-15,20-25H2,1-7H3,(H,47,50)/t30-,31?,32?,34-,35+,36?,37?,38-,39?,44+,45-,46+/m0/s1. The molecule has 13 heteroatoms. The molecule has 2 saturated carbocycles. The number of ether oxygens (including phenoxy) is 7. The number of esters is 2. The zero-order chi connectivity index (χ0) is 42.1. The van der Waals surface area contributed by atoms with Gasteiger partial charge in [-0.25, -0.2) is 4.79 Å². The average Bonchev–Trinajstić information content (AvgIpc) is 3.52. The Hall–Kier alpha value is -3.69. The molecular formula is C46H59NO12. The molecule has 6 aliphatic rings. The second kappa shape index (κ2) is 15.3. The largest absolute Gasteiger partial charge is 0.456 e. The lowest BCUT2D eigenvalue weighted by atomic mass is 9.45. The Morgan fingerprint density at radius 3 is 2.24 bits per heavy atom. The second-order valence-corrected chi connectivity index (χ2v) is 18.6. The molecule has 320 valence electrons. The SMILES string of the molecule is CC(=O)O[C@@]12COC1CC[C@]1(C)C2C(OC2CCCCO2)[C@]2(O)C[C@H](OC(=O)[C@H](O)[C@@H](NC(=O)c3ccccc3)c3ccccc3)C(C)=C(C3OC(C)(C)O[C@@H]31)C2(C)C. The van der Waals surface area contributed by atoms with E-state index in [1.54, 1.807) is 60.7 Å². The Morgan fingerprint density at radius 2 is 1.61 bits per heavy atom. The molecule has 12 atom stereocenters. The topological polar surface area (TPSA) is 168 Å². The Kier molecular flexibility index (Phi) is 10.9. The van der Waals surface area contributed by atoms with Crippen LogP contribution in [0.5, 0.6) is 0 Å². The lowest BCUT2D eigenvalue weighted by Crippen LogP contribution is -2.80. The summed E-state index contributed by atoms with van der Waals surface area (Å²) in [6.07, 6.45) is -3.03. The van der Waals surface area contributed by atoms with Crippen LogP contribution in [0.25, 0.3) is 0 Å². The Labute approximate surface area is 346 Å². The smallest absolute Gasteiger partial charge is 0.338 e. The van der Waals surface area contributed by atoms with E-state index in [9.17, 15) is 24.6 Å². The third-order valence-electron chi connectivity index (χ3n) is 14.3. The highest BCUT2D eigenvalue weighted by atomic mass is 16.8. The number of aliphatic hydroxyl groups excluding tert-OH is 1. The van der Waals surface area contributed by atoms with Gasteiger partial charge in [0.15, 0.2) is 23.8 Å². The number of amides is 1. The summed E-state index contributed by atoms with van der Waals surface area (Å²) in [6, 6.07) is 16.1. The van der Waals surface area contributed by atoms with Crippen molar-refractivity contribution >= 4 is 17.8 Å². The fourth-order valence-electron chi connectivity index (χ4n) is 11.3. The summed E-state index contributed by atoms with van der Waals surface area (Å²) in [4.78, 5) is 40.9. The van der Waals surface area contributed by atoms with Crippen LogP contribution in [0, 0.1) is 16.7 Å². The Bertz CT molecular complexity index is 1950. The van der Waals surface area contributed by atoms with Gasteiger partial charge in [-0.2, -0.15) is 0 Å². The molecule has 0 radical (unpaired) electrons. The number of fused-ring (bicyclic) bond motifs is 8. The number of carbonyl (C=O) groups is 3. The number of rotatable bonds is 9. The maximum Gasteiger partial charge on any atom is 0.338 e. The summed E-state index contributed by atoms with van der Waals surface area (Å²) in [7, 11) is 0. The maximum absolute atomic E-state index is 14.4. The lowest BCUT2D eigenvalue weighted by Gasteiger charge is -2.68. The van der Waals surface area contributed by atoms with Crippen molar-refractivity contribution in [3.8, 4) is 0 Å². The van der Waals surface area contributed by atoms with Crippen LogP contribution in [0.3, 0.4) is 0 Å². The minimum atomic E-state index is -1.83. The fraction of sp³-hybridized carbons (Fsp3) is 0.630. The quantitative estimate of drug-likeness (QED) is 0.216. The van der Waals surface area contributed by atoms with E-state index in [-0.39, 0.29) is 13.0 Å². The number of benzene rings is 2. The highest BCUT2D eigenvalue weighted by molar-refractivity contribution is 5.95. The van der Waals surface area contributed by atoms with E-state index < -0.39 is 101 Å². The molecule has 5 fully saturated rings. The minimum Gasteiger partial charge on any atom is -0.456 e. The number of aliphatic hydroxyl groups is 2. The third-order valence-corrected chi connectivity index (χ3v) is 14.3. The van der Waals surface area contributed by atoms with Gasteiger partial charge in [0.05, 0.1) is 24.9 Å². The molecule has 1 amide bonds. The fourth-order valence-corrected chi connectivity index (χ4v) is 11.3. The summed E-state index contributed by atoms with van der Waals surface area (Å²) >= 11 is 0. The molecule has 3 aliphatic carbocycles. The van der Waals surface area contributed by atoms with Gasteiger partial charge in [-0.15, -0.1) is 0 Å². The van der Waals surface area contributed by atoms with Crippen molar-refractivity contribution in [3.05, 3.63) is 82.9 Å². The van der Waals surface area contributed by atoms with E-state index in [2.05, 4.69) is 12.2 Å². The first-order valence-corrected chi connectivity index (χ1v) is 21.1. The molecule has 0 spiro atoms. The van der Waals surface area contributed by atoms with E-state index in [4.69, 9.17) is 33.2 Å². The van der Waals surface area contributed by atoms with Crippen molar-refractivity contribution in [2.45, 2.75) is 153 Å². The molecule has 59 heavy (non-hydrogen) atoms. The Morgan fingerprint density at radius 1 is 0.915 bits per heavy atom. The summed E-state index contributed by atoms with van der Waals surface area (Å²) in [5.41, 5.74) is -2.66. The minimum absolute atomic E-state index is 0.100. The van der Waals surface area contributed by atoms with Crippen molar-refractivity contribution in [1.82, 2.24) is 5.32 Å². The first-order chi connectivity index (χ1) is 27.9. The van der Waals surface area contributed by atoms with Crippen molar-refractivity contribution < 1.29 is 57.8 Å². The first kappa shape index (κ1) is 42.0. The number of nitrogens with one attached hydrogen (secondary N) is 1. The summed E-state index contributed by atoms with van der Waals surface area (Å²) < 4.78 is 46.1. The van der Waals surface area contributed by atoms with Crippen molar-refractivity contribution in [1.29, 1.82) is 0 Å². The van der Waals surface area contributed by atoms with Crippen LogP contribution < -0.4 is 5.32 Å². The van der Waals surface area contributed by atoms with E-state index in [0.29, 0.717) is 48.1 Å². The van der Waals surface area contributed by atoms with Crippen molar-refractivity contribution in [2.75, 3.05) is 13.2 Å². The van der Waals surface area contributed by atoms with E-state index in [0.717, 1.165) is 12.8 Å². The van der Waals surface area contributed by atoms with Gasteiger partial charge in [0, 0.05) is 42.3 Å². The van der Waals surface area contributed by atoms with Gasteiger partial charge in [0.25, 0.3) is 5.91 Å². The molecule has 2 aromatic carbocycles. The van der Waals surface area contributed by atoms with Crippen molar-refractivity contribution in [2.24, 2.45) is 16.7 Å². The summed E-state index contributed by atoms with van der Waals surface area (Å²) in [5, 5.41) is 28.6. The molecule has 3 aliphatic heterocycles. The predicted octanol–water partition coefficient (Wildman–Crippen LogP) is 5.47. The van der Waals surface area contributed by atoms with Gasteiger partial charge in [-0.05, 0) is 81.7 Å². The van der Waals surface area contributed by atoms with Crippen LogP contribution in [0.15, 0.2) is 71.8 Å². The van der Waals surface area contributed by atoms with Gasteiger partial charge in [0.2, 0.25) is 0 Å². The molecule has 0 aromatic heterocycles. The van der Waals surface area contributed by atoms with Gasteiger partial charge < -0.3 is 48.7 Å². The highest BCUT2D eigenvalue weighted by Gasteiger charge is 2.77. The van der Waals surface area contributed by atoms with Crippen LogP contribution in [0.2, 0.25) is 0 Å². The average molecular weight is 818 g/mol. The molecule has 3 heterocycles. The Balaban J connectivity index is 1.24. The zero-order valence-corrected chi connectivity index (χ0v) is 35.1. The van der Waals surface area contributed by atoms with Crippen LogP contribution in [0.4, 0.5) is 0 Å². The highest BCUT2D eigenvalue weighted by Crippen LogP contribution is 2.67. The third kappa shape index (κ3) is 7.04. The molecule has 3 saturated heterocycles. The summed E-state index contributed by atoms with van der Waals surface area (Å²) in [5.74, 6) is -3.69. The summed E-state index contributed by atoms with van der Waals surface area (Å²) in [6.45, 7) is 13.6. The predicted molar refractivity (Wildman–Crippen MR) is 212 cm³/mol. The zero-order valence-electron chi connectivity index (χ0n) is 35.1. The van der Waals surface area contributed by atoms with Crippen molar-refractivity contribution in [3.63, 3.8) is 0 Å². The molecule has 3 N–H and O–H groups in total. The maximum atomic E-state index is 14.4. The van der Waals surface area contributed by atoms with E-state index in [1.807, 2.05) is 34.6 Å². The molecule has 13 nitrogen and oxygen atoms in total. The number of hydrogen-bond acceptors (Lipinski definition) is 12. The first-order valence-electron chi connectivity index (χ1n) is 21.1. The molecular weight excluding hydrogens is 759 g/mol. The molecule has 2 bridgehead atoms. The molecule has 2 aromatic rings. The van der Waals surface area contributed by atoms with Crippen LogP contribution in [-0.4, -0.2) is 101 Å². The van der Waals surface area contributed by atoms with Crippen LogP contribution in [0.1, 0.15) is 109 Å². The van der Waals surface area contributed by atoms with E-state index >= 15 is 0 Å². The van der Waals surface area contributed by atoms with Gasteiger partial charge in [0.1, 0.15) is 23.9 Å². The van der Waals surface area contributed by atoms with Gasteiger partial charge in [-0.1, -0.05) is 69.3 Å². The van der Waals surface area contributed by atoms with E-state index in [1.165, 1.54) is 6.92 Å². The van der Waals surface area contributed by atoms with Crippen LogP contribution in [-0.2, 0) is 42.7 Å². The lowest BCUT2D eigenvalue weighted by molar-refractivity contribution is -0.365.